The van der Waals surface area contributed by atoms with Crippen LogP contribution < -0.4 is 10.6 Å². The van der Waals surface area contributed by atoms with Gasteiger partial charge in [-0.15, -0.1) is 0 Å². The molecule has 7 heteroatoms. The van der Waals surface area contributed by atoms with Gasteiger partial charge in [0.15, 0.2) is 0 Å². The number of benzene rings is 1. The van der Waals surface area contributed by atoms with Crippen molar-refractivity contribution < 1.29 is 14.3 Å². The van der Waals surface area contributed by atoms with Crippen molar-refractivity contribution in [1.29, 1.82) is 0 Å². The van der Waals surface area contributed by atoms with Gasteiger partial charge in [-0.05, 0) is 55.4 Å². The lowest BCUT2D eigenvalue weighted by Gasteiger charge is -2.10. The maximum atomic E-state index is 12.5. The van der Waals surface area contributed by atoms with Crippen LogP contribution >= 0.6 is 0 Å². The molecule has 0 spiro atoms. The van der Waals surface area contributed by atoms with Gasteiger partial charge in [-0.1, -0.05) is 6.07 Å². The van der Waals surface area contributed by atoms with Crippen molar-refractivity contribution in [3.05, 3.63) is 47.3 Å². The summed E-state index contributed by atoms with van der Waals surface area (Å²) in [5.74, 6) is 0.617. The molecule has 2 saturated carbocycles. The number of rotatable bonds is 6. The van der Waals surface area contributed by atoms with E-state index in [0.717, 1.165) is 30.4 Å². The summed E-state index contributed by atoms with van der Waals surface area (Å²) >= 11 is 0. The van der Waals surface area contributed by atoms with Gasteiger partial charge in [-0.2, -0.15) is 5.10 Å². The van der Waals surface area contributed by atoms with Crippen molar-refractivity contribution in [2.45, 2.75) is 38.1 Å². The number of carbonyl (C=O) groups excluding carboxylic acids is 2. The van der Waals surface area contributed by atoms with E-state index in [1.54, 1.807) is 24.1 Å². The summed E-state index contributed by atoms with van der Waals surface area (Å²) in [7, 11) is 1.80. The molecule has 7 nitrogen and oxygen atoms in total. The van der Waals surface area contributed by atoms with E-state index in [1.165, 1.54) is 0 Å². The van der Waals surface area contributed by atoms with Crippen LogP contribution in [-0.2, 0) is 11.8 Å². The third kappa shape index (κ3) is 4.30. The van der Waals surface area contributed by atoms with Crippen molar-refractivity contribution in [3.63, 3.8) is 0 Å². The van der Waals surface area contributed by atoms with Crippen molar-refractivity contribution in [3.8, 4) is 0 Å². The first-order valence-corrected chi connectivity index (χ1v) is 9.33. The van der Waals surface area contributed by atoms with Crippen LogP contribution in [-0.4, -0.2) is 34.4 Å². The van der Waals surface area contributed by atoms with Crippen LogP contribution in [0.25, 0.3) is 0 Å². The summed E-state index contributed by atoms with van der Waals surface area (Å²) in [6.07, 6.45) is 6.21. The van der Waals surface area contributed by atoms with Crippen LogP contribution in [0, 0.1) is 12.8 Å². The van der Waals surface area contributed by atoms with Gasteiger partial charge in [-0.3, -0.25) is 9.48 Å². The van der Waals surface area contributed by atoms with Gasteiger partial charge in [0.1, 0.15) is 0 Å². The molecule has 0 aliphatic heterocycles. The van der Waals surface area contributed by atoms with E-state index in [0.29, 0.717) is 23.8 Å². The van der Waals surface area contributed by atoms with Crippen LogP contribution in [0.3, 0.4) is 0 Å². The molecule has 2 atom stereocenters. The number of amides is 2. The molecule has 2 N–H and O–H groups in total. The third-order valence-corrected chi connectivity index (χ3v) is 5.14. The van der Waals surface area contributed by atoms with E-state index in [9.17, 15) is 9.59 Å². The lowest BCUT2D eigenvalue weighted by molar-refractivity contribution is 0.102. The molecule has 4 rings (SSSR count). The van der Waals surface area contributed by atoms with Crippen molar-refractivity contribution in [2.75, 3.05) is 11.9 Å². The number of hydrogen-bond donors (Lipinski definition) is 2. The van der Waals surface area contributed by atoms with Gasteiger partial charge in [0.2, 0.25) is 0 Å². The first-order valence-electron chi connectivity index (χ1n) is 9.33. The molecule has 142 valence electrons. The Balaban J connectivity index is 1.37. The Hall–Kier alpha value is -2.83. The Morgan fingerprint density at radius 1 is 1.33 bits per heavy atom. The van der Waals surface area contributed by atoms with E-state index in [4.69, 9.17) is 4.74 Å². The van der Waals surface area contributed by atoms with Gasteiger partial charge in [0, 0.05) is 30.8 Å². The predicted molar refractivity (Wildman–Crippen MR) is 101 cm³/mol. The number of aryl methyl sites for hydroxylation is 2. The second-order valence-electron chi connectivity index (χ2n) is 7.56. The average Bonchev–Trinajstić information content (AvgIpc) is 3.55. The standard InChI is InChI=1S/C20H24N4O3/c1-12-3-6-14(19(25)22-15-9-21-24(2)10-15)7-16(12)17-8-18(17)23-20(26)27-11-13-4-5-13/h3,6-7,9-10,13,17-18H,4-5,8,11H2,1-2H3,(H,22,25)(H,23,26). The number of nitrogens with zero attached hydrogens (tertiary/aromatic N) is 2. The highest BCUT2D eigenvalue weighted by molar-refractivity contribution is 6.04. The Morgan fingerprint density at radius 3 is 2.85 bits per heavy atom. The van der Waals surface area contributed by atoms with Crippen LogP contribution in [0.1, 0.15) is 46.7 Å². The largest absolute Gasteiger partial charge is 0.449 e. The Morgan fingerprint density at radius 2 is 2.15 bits per heavy atom. The van der Waals surface area contributed by atoms with Crippen LogP contribution in [0.5, 0.6) is 0 Å². The Bertz CT molecular complexity index is 872. The molecule has 2 aliphatic carbocycles. The molecule has 2 aliphatic rings. The topological polar surface area (TPSA) is 85.3 Å². The van der Waals surface area contributed by atoms with E-state index in [2.05, 4.69) is 15.7 Å². The number of alkyl carbamates (subject to hydrolysis) is 1. The van der Waals surface area contributed by atoms with E-state index in [1.807, 2.05) is 25.1 Å². The summed E-state index contributed by atoms with van der Waals surface area (Å²) in [4.78, 5) is 24.4. The maximum Gasteiger partial charge on any atom is 0.407 e. The molecule has 2 fully saturated rings. The highest BCUT2D eigenvalue weighted by Gasteiger charge is 2.41. The van der Waals surface area contributed by atoms with Crippen LogP contribution in [0.15, 0.2) is 30.6 Å². The lowest BCUT2D eigenvalue weighted by atomic mass is 10.0. The fourth-order valence-corrected chi connectivity index (χ4v) is 3.24. The van der Waals surface area contributed by atoms with Crippen LogP contribution in [0.2, 0.25) is 0 Å². The first kappa shape index (κ1) is 17.6. The SMILES string of the molecule is Cc1ccc(C(=O)Nc2cnn(C)c2)cc1C1CC1NC(=O)OCC1CC1. The fraction of sp³-hybridized carbons (Fsp3) is 0.450. The number of ether oxygens (including phenoxy) is 1. The summed E-state index contributed by atoms with van der Waals surface area (Å²) in [5.41, 5.74) is 3.48. The predicted octanol–water partition coefficient (Wildman–Crippen LogP) is 2.97. The molecule has 1 aromatic carbocycles. The second kappa shape index (κ2) is 7.06. The summed E-state index contributed by atoms with van der Waals surface area (Å²) in [5, 5.41) is 9.83. The first-order chi connectivity index (χ1) is 13.0. The highest BCUT2D eigenvalue weighted by Crippen LogP contribution is 2.42. The normalized spacial score (nSPS) is 20.8. The molecule has 1 heterocycles. The smallest absolute Gasteiger partial charge is 0.407 e. The van der Waals surface area contributed by atoms with Gasteiger partial charge in [-0.25, -0.2) is 4.79 Å². The number of hydrogen-bond acceptors (Lipinski definition) is 4. The minimum absolute atomic E-state index is 0.0760. The van der Waals surface area contributed by atoms with E-state index < -0.39 is 0 Å². The zero-order valence-electron chi connectivity index (χ0n) is 15.6. The molecule has 27 heavy (non-hydrogen) atoms. The van der Waals surface area contributed by atoms with Gasteiger partial charge < -0.3 is 15.4 Å². The summed E-state index contributed by atoms with van der Waals surface area (Å²) in [6, 6.07) is 5.77. The summed E-state index contributed by atoms with van der Waals surface area (Å²) < 4.78 is 6.88. The lowest BCUT2D eigenvalue weighted by Crippen LogP contribution is -2.28. The van der Waals surface area contributed by atoms with Gasteiger partial charge >= 0.3 is 6.09 Å². The number of aromatic nitrogens is 2. The Kier molecular flexibility index (Phi) is 4.59. The quantitative estimate of drug-likeness (QED) is 0.821. The number of nitrogens with one attached hydrogen (secondary N) is 2. The maximum absolute atomic E-state index is 12.5. The monoisotopic (exact) mass is 368 g/mol. The number of anilines is 1. The van der Waals surface area contributed by atoms with Gasteiger partial charge in [0.05, 0.1) is 18.5 Å². The molecule has 0 bridgehead atoms. The van der Waals surface area contributed by atoms with Gasteiger partial charge in [0.25, 0.3) is 5.91 Å². The molecular weight excluding hydrogens is 344 g/mol. The molecule has 0 saturated heterocycles. The minimum atomic E-state index is -0.336. The second-order valence-corrected chi connectivity index (χ2v) is 7.56. The zero-order valence-corrected chi connectivity index (χ0v) is 15.6. The molecule has 2 unspecified atom stereocenters. The van der Waals surface area contributed by atoms with Crippen molar-refractivity contribution in [2.24, 2.45) is 13.0 Å². The molecule has 0 radical (unpaired) electrons. The van der Waals surface area contributed by atoms with Crippen molar-refractivity contribution in [1.82, 2.24) is 15.1 Å². The number of carbonyl (C=O) groups is 2. The highest BCUT2D eigenvalue weighted by atomic mass is 16.5. The Labute approximate surface area is 158 Å². The zero-order chi connectivity index (χ0) is 19.0. The third-order valence-electron chi connectivity index (χ3n) is 5.14. The summed E-state index contributed by atoms with van der Waals surface area (Å²) in [6.45, 7) is 2.55. The average molecular weight is 368 g/mol. The minimum Gasteiger partial charge on any atom is -0.449 e. The molecule has 2 amide bonds. The van der Waals surface area contributed by atoms with Crippen LogP contribution in [0.4, 0.5) is 10.5 Å². The van der Waals surface area contributed by atoms with E-state index >= 15 is 0 Å². The van der Waals surface area contributed by atoms with Crippen molar-refractivity contribution >= 4 is 17.7 Å². The molecular formula is C20H24N4O3. The molecule has 1 aromatic heterocycles. The van der Waals surface area contributed by atoms with E-state index in [-0.39, 0.29) is 24.0 Å². The molecule has 2 aromatic rings. The fourth-order valence-electron chi connectivity index (χ4n) is 3.24.